The molecule has 1 aromatic rings. The van der Waals surface area contributed by atoms with E-state index in [1.165, 1.54) is 6.07 Å². The van der Waals surface area contributed by atoms with Crippen LogP contribution in [0.3, 0.4) is 0 Å². The summed E-state index contributed by atoms with van der Waals surface area (Å²) < 4.78 is 18.8. The number of hydrogen-bond donors (Lipinski definition) is 3. The highest BCUT2D eigenvalue weighted by molar-refractivity contribution is 5.79. The molecule has 0 heterocycles. The highest BCUT2D eigenvalue weighted by atomic mass is 19.1. The van der Waals surface area contributed by atoms with Crippen LogP contribution >= 0.6 is 0 Å². The van der Waals surface area contributed by atoms with Gasteiger partial charge in [-0.05, 0) is 40.2 Å². The Morgan fingerprint density at radius 3 is 2.48 bits per heavy atom. The van der Waals surface area contributed by atoms with E-state index in [2.05, 4.69) is 20.9 Å². The van der Waals surface area contributed by atoms with E-state index in [1.807, 2.05) is 27.7 Å². The second-order valence-corrected chi connectivity index (χ2v) is 6.50. The Morgan fingerprint density at radius 1 is 1.16 bits per heavy atom. The third-order valence-corrected chi connectivity index (χ3v) is 3.02. The fraction of sp³-hybridized carbons (Fsp3) is 0.556. The van der Waals surface area contributed by atoms with Gasteiger partial charge < -0.3 is 20.7 Å². The first-order chi connectivity index (χ1) is 11.8. The van der Waals surface area contributed by atoms with Crippen LogP contribution in [0.25, 0.3) is 0 Å². The van der Waals surface area contributed by atoms with E-state index >= 15 is 0 Å². The first-order valence-corrected chi connectivity index (χ1v) is 8.54. The third-order valence-electron chi connectivity index (χ3n) is 3.02. The molecule has 0 bridgehead atoms. The lowest BCUT2D eigenvalue weighted by molar-refractivity contribution is 0.0527. The Balaban J connectivity index is 2.35. The number of amides is 1. The minimum atomic E-state index is -0.500. The molecule has 7 heteroatoms. The number of hydrogen-bond acceptors (Lipinski definition) is 3. The van der Waals surface area contributed by atoms with Crippen molar-refractivity contribution >= 4 is 12.1 Å². The molecule has 25 heavy (non-hydrogen) atoms. The second-order valence-electron chi connectivity index (χ2n) is 6.50. The summed E-state index contributed by atoms with van der Waals surface area (Å²) in [6, 6.07) is 6.58. The number of carbonyl (C=O) groups excluding carboxylic acids is 1. The number of aliphatic imine (C=N–C) groups is 1. The number of ether oxygens (including phenoxy) is 1. The monoisotopic (exact) mass is 352 g/mol. The van der Waals surface area contributed by atoms with Crippen LogP contribution in [0.1, 0.15) is 39.7 Å². The van der Waals surface area contributed by atoms with Crippen molar-refractivity contribution in [2.45, 2.75) is 46.3 Å². The van der Waals surface area contributed by atoms with Gasteiger partial charge in [0.2, 0.25) is 0 Å². The van der Waals surface area contributed by atoms with Crippen molar-refractivity contribution in [3.05, 3.63) is 35.6 Å². The Kier molecular flexibility index (Phi) is 8.74. The number of alkyl carbamates (subject to hydrolysis) is 1. The Morgan fingerprint density at radius 2 is 1.84 bits per heavy atom. The molecule has 0 fully saturated rings. The predicted octanol–water partition coefficient (Wildman–Crippen LogP) is 2.80. The summed E-state index contributed by atoms with van der Waals surface area (Å²) in [7, 11) is 0. The fourth-order valence-corrected chi connectivity index (χ4v) is 1.93. The summed E-state index contributed by atoms with van der Waals surface area (Å²) in [5, 5.41) is 8.96. The average Bonchev–Trinajstić information content (AvgIpc) is 2.51. The van der Waals surface area contributed by atoms with E-state index in [9.17, 15) is 9.18 Å². The van der Waals surface area contributed by atoms with Crippen LogP contribution in [0.5, 0.6) is 0 Å². The maximum Gasteiger partial charge on any atom is 0.407 e. The van der Waals surface area contributed by atoms with Crippen LogP contribution in [-0.4, -0.2) is 37.3 Å². The summed E-state index contributed by atoms with van der Waals surface area (Å²) in [5.41, 5.74) is 0.0474. The van der Waals surface area contributed by atoms with E-state index in [4.69, 9.17) is 4.74 Å². The van der Waals surface area contributed by atoms with Crippen molar-refractivity contribution in [2.24, 2.45) is 4.99 Å². The summed E-state index contributed by atoms with van der Waals surface area (Å²) >= 11 is 0. The van der Waals surface area contributed by atoms with Crippen LogP contribution in [0.2, 0.25) is 0 Å². The van der Waals surface area contributed by atoms with Crippen molar-refractivity contribution in [2.75, 3.05) is 19.6 Å². The fourth-order valence-electron chi connectivity index (χ4n) is 1.93. The minimum absolute atomic E-state index is 0.261. The van der Waals surface area contributed by atoms with Gasteiger partial charge in [-0.2, -0.15) is 0 Å². The lowest BCUT2D eigenvalue weighted by atomic mass is 10.2. The molecule has 0 atom stereocenters. The highest BCUT2D eigenvalue weighted by Gasteiger charge is 2.15. The van der Waals surface area contributed by atoms with Crippen molar-refractivity contribution in [3.8, 4) is 0 Å². The zero-order valence-electron chi connectivity index (χ0n) is 15.5. The quantitative estimate of drug-likeness (QED) is 0.401. The number of halogens is 1. The molecule has 1 aromatic carbocycles. The Hall–Kier alpha value is -2.31. The SMILES string of the molecule is CCNC(=NCc1ccccc1F)NCCCNC(=O)OC(C)(C)C. The van der Waals surface area contributed by atoms with Gasteiger partial charge in [-0.25, -0.2) is 14.2 Å². The second kappa shape index (κ2) is 10.5. The normalized spacial score (nSPS) is 11.8. The van der Waals surface area contributed by atoms with Gasteiger partial charge in [-0.3, -0.25) is 0 Å². The summed E-state index contributed by atoms with van der Waals surface area (Å²) in [6.07, 6.45) is 0.288. The molecule has 0 saturated heterocycles. The number of carbonyl (C=O) groups is 1. The van der Waals surface area contributed by atoms with Crippen molar-refractivity contribution in [1.82, 2.24) is 16.0 Å². The molecule has 0 aliphatic rings. The van der Waals surface area contributed by atoms with E-state index in [1.54, 1.807) is 18.2 Å². The lowest BCUT2D eigenvalue weighted by Crippen LogP contribution is -2.39. The minimum Gasteiger partial charge on any atom is -0.444 e. The van der Waals surface area contributed by atoms with Crippen LogP contribution < -0.4 is 16.0 Å². The molecular weight excluding hydrogens is 323 g/mol. The van der Waals surface area contributed by atoms with Crippen molar-refractivity contribution in [3.63, 3.8) is 0 Å². The van der Waals surface area contributed by atoms with Crippen molar-refractivity contribution < 1.29 is 13.9 Å². The van der Waals surface area contributed by atoms with E-state index in [0.717, 1.165) is 0 Å². The third kappa shape index (κ3) is 9.54. The van der Waals surface area contributed by atoms with Crippen LogP contribution in [0.15, 0.2) is 29.3 Å². The van der Waals surface area contributed by atoms with Crippen molar-refractivity contribution in [1.29, 1.82) is 0 Å². The molecular formula is C18H29FN4O2. The molecule has 0 spiro atoms. The molecule has 1 rings (SSSR count). The average molecular weight is 352 g/mol. The lowest BCUT2D eigenvalue weighted by Gasteiger charge is -2.19. The van der Waals surface area contributed by atoms with Gasteiger partial charge in [0.05, 0.1) is 6.54 Å². The van der Waals surface area contributed by atoms with Gasteiger partial charge in [0, 0.05) is 25.2 Å². The summed E-state index contributed by atoms with van der Waals surface area (Å²) in [6.45, 7) is 9.52. The number of guanidine groups is 1. The zero-order chi connectivity index (χ0) is 18.7. The topological polar surface area (TPSA) is 74.8 Å². The van der Waals surface area contributed by atoms with Gasteiger partial charge >= 0.3 is 6.09 Å². The van der Waals surface area contributed by atoms with Gasteiger partial charge in [-0.15, -0.1) is 0 Å². The first kappa shape index (κ1) is 20.7. The predicted molar refractivity (Wildman–Crippen MR) is 98.1 cm³/mol. The smallest absolute Gasteiger partial charge is 0.407 e. The molecule has 6 nitrogen and oxygen atoms in total. The highest BCUT2D eigenvalue weighted by Crippen LogP contribution is 2.07. The van der Waals surface area contributed by atoms with Crippen LogP contribution in [0, 0.1) is 5.82 Å². The summed E-state index contributed by atoms with van der Waals surface area (Å²) in [5.74, 6) is 0.353. The molecule has 0 radical (unpaired) electrons. The van der Waals surface area contributed by atoms with E-state index in [-0.39, 0.29) is 12.4 Å². The number of nitrogens with one attached hydrogen (secondary N) is 3. The standard InChI is InChI=1S/C18H29FN4O2/c1-5-20-16(23-13-14-9-6-7-10-15(14)19)21-11-8-12-22-17(24)25-18(2,3)4/h6-7,9-10H,5,8,11-13H2,1-4H3,(H,22,24)(H2,20,21,23). The largest absolute Gasteiger partial charge is 0.444 e. The molecule has 0 aromatic heterocycles. The molecule has 0 unspecified atom stereocenters. The maximum atomic E-state index is 13.6. The molecule has 140 valence electrons. The summed E-state index contributed by atoms with van der Waals surface area (Å²) in [4.78, 5) is 15.9. The number of benzene rings is 1. The molecule has 0 aliphatic carbocycles. The zero-order valence-corrected chi connectivity index (χ0v) is 15.5. The Labute approximate surface area is 149 Å². The van der Waals surface area contributed by atoms with E-state index < -0.39 is 11.7 Å². The number of nitrogens with zero attached hydrogens (tertiary/aromatic N) is 1. The van der Waals surface area contributed by atoms with Gasteiger partial charge in [0.15, 0.2) is 5.96 Å². The van der Waals surface area contributed by atoms with Gasteiger partial charge in [-0.1, -0.05) is 18.2 Å². The first-order valence-electron chi connectivity index (χ1n) is 8.54. The molecule has 0 aliphatic heterocycles. The molecule has 3 N–H and O–H groups in total. The maximum absolute atomic E-state index is 13.6. The molecule has 0 saturated carbocycles. The van der Waals surface area contributed by atoms with Crippen LogP contribution in [0.4, 0.5) is 9.18 Å². The van der Waals surface area contributed by atoms with Crippen LogP contribution in [-0.2, 0) is 11.3 Å². The molecule has 1 amide bonds. The van der Waals surface area contributed by atoms with Gasteiger partial charge in [0.25, 0.3) is 0 Å². The van der Waals surface area contributed by atoms with E-state index in [0.29, 0.717) is 37.6 Å². The van der Waals surface area contributed by atoms with Gasteiger partial charge in [0.1, 0.15) is 11.4 Å². The number of rotatable bonds is 7. The Bertz CT molecular complexity index is 570.